The van der Waals surface area contributed by atoms with E-state index in [1.54, 1.807) is 18.4 Å². The maximum atomic E-state index is 11.9. The van der Waals surface area contributed by atoms with Crippen molar-refractivity contribution in [3.8, 4) is 0 Å². The maximum Gasteiger partial charge on any atom is 0.355 e. The second-order valence-electron chi connectivity index (χ2n) is 4.69. The van der Waals surface area contributed by atoms with Crippen molar-refractivity contribution in [2.24, 2.45) is 0 Å². The lowest BCUT2D eigenvalue weighted by molar-refractivity contribution is -0.385. The number of hydrogen-bond acceptors (Lipinski definition) is 4. The molecule has 112 valence electrons. The van der Waals surface area contributed by atoms with Crippen LogP contribution in [-0.4, -0.2) is 22.1 Å². The first kappa shape index (κ1) is 16.2. The van der Waals surface area contributed by atoms with Crippen LogP contribution in [0.5, 0.6) is 0 Å². The number of hydrogen-bond donors (Lipinski definition) is 0. The third kappa shape index (κ3) is 3.82. The molecule has 0 atom stereocenters. The summed E-state index contributed by atoms with van der Waals surface area (Å²) >= 11 is 0. The monoisotopic (exact) mass is 282 g/mol. The van der Waals surface area contributed by atoms with Crippen molar-refractivity contribution in [1.29, 1.82) is 0 Å². The van der Waals surface area contributed by atoms with Crippen LogP contribution < -0.4 is 0 Å². The fourth-order valence-corrected chi connectivity index (χ4v) is 2.17. The van der Waals surface area contributed by atoms with Gasteiger partial charge < -0.3 is 9.30 Å². The summed E-state index contributed by atoms with van der Waals surface area (Å²) in [6, 6.07) is 1.31. The van der Waals surface area contributed by atoms with Crippen LogP contribution in [0.25, 0.3) is 0 Å². The lowest BCUT2D eigenvalue weighted by Gasteiger charge is -2.09. The zero-order valence-electron chi connectivity index (χ0n) is 12.3. The first-order chi connectivity index (χ1) is 9.52. The van der Waals surface area contributed by atoms with Crippen LogP contribution in [0.3, 0.4) is 0 Å². The molecule has 0 amide bonds. The Morgan fingerprint density at radius 2 is 2.05 bits per heavy atom. The Kier molecular flexibility index (Phi) is 6.21. The van der Waals surface area contributed by atoms with Crippen LogP contribution >= 0.6 is 0 Å². The number of carbonyl (C=O) groups excluding carboxylic acids is 1. The number of aromatic nitrogens is 1. The molecule has 0 saturated heterocycles. The summed E-state index contributed by atoms with van der Waals surface area (Å²) in [7, 11) is 0. The molecule has 20 heavy (non-hydrogen) atoms. The van der Waals surface area contributed by atoms with E-state index in [4.69, 9.17) is 4.74 Å². The lowest BCUT2D eigenvalue weighted by Crippen LogP contribution is -2.13. The van der Waals surface area contributed by atoms with E-state index in [2.05, 4.69) is 6.92 Å². The fraction of sp³-hybridized carbons (Fsp3) is 0.643. The maximum absolute atomic E-state index is 11.9. The van der Waals surface area contributed by atoms with Crippen LogP contribution in [0.1, 0.15) is 55.7 Å². The van der Waals surface area contributed by atoms with E-state index in [9.17, 15) is 14.9 Å². The Morgan fingerprint density at radius 3 is 2.60 bits per heavy atom. The Balaban J connectivity index is 2.98. The third-order valence-corrected chi connectivity index (χ3v) is 3.26. The smallest absolute Gasteiger partial charge is 0.355 e. The number of nitrogens with zero attached hydrogens (tertiary/aromatic N) is 2. The summed E-state index contributed by atoms with van der Waals surface area (Å²) in [4.78, 5) is 22.4. The second kappa shape index (κ2) is 7.67. The Morgan fingerprint density at radius 1 is 1.35 bits per heavy atom. The summed E-state index contributed by atoms with van der Waals surface area (Å²) in [6.07, 6.45) is 4.18. The minimum absolute atomic E-state index is 0.0245. The molecule has 0 aromatic carbocycles. The first-order valence-electron chi connectivity index (χ1n) is 7.04. The number of esters is 1. The Labute approximate surface area is 118 Å². The average molecular weight is 282 g/mol. The van der Waals surface area contributed by atoms with Gasteiger partial charge in [0.25, 0.3) is 5.69 Å². The summed E-state index contributed by atoms with van der Waals surface area (Å²) in [6.45, 7) is 6.37. The van der Waals surface area contributed by atoms with Gasteiger partial charge in [0.2, 0.25) is 0 Å². The highest BCUT2D eigenvalue weighted by Crippen LogP contribution is 2.24. The molecule has 0 fully saturated rings. The van der Waals surface area contributed by atoms with Crippen molar-refractivity contribution in [2.75, 3.05) is 6.61 Å². The molecule has 1 aromatic heterocycles. The topological polar surface area (TPSA) is 74.4 Å². The van der Waals surface area contributed by atoms with E-state index in [-0.39, 0.29) is 18.0 Å². The van der Waals surface area contributed by atoms with E-state index in [0.717, 1.165) is 25.7 Å². The predicted molar refractivity (Wildman–Crippen MR) is 75.9 cm³/mol. The zero-order chi connectivity index (χ0) is 15.1. The summed E-state index contributed by atoms with van der Waals surface area (Å²) in [5, 5.41) is 11.0. The van der Waals surface area contributed by atoms with Crippen LogP contribution in [0.4, 0.5) is 5.69 Å². The van der Waals surface area contributed by atoms with E-state index in [0.29, 0.717) is 12.2 Å². The Bertz CT molecular complexity index is 480. The van der Waals surface area contributed by atoms with Crippen LogP contribution in [0.15, 0.2) is 6.07 Å². The van der Waals surface area contributed by atoms with Gasteiger partial charge in [0, 0.05) is 12.6 Å². The fourth-order valence-electron chi connectivity index (χ4n) is 2.17. The highest BCUT2D eigenvalue weighted by Gasteiger charge is 2.24. The van der Waals surface area contributed by atoms with Crippen LogP contribution in [0.2, 0.25) is 0 Å². The van der Waals surface area contributed by atoms with Crippen molar-refractivity contribution < 1.29 is 14.5 Å². The number of nitro groups is 1. The molecule has 0 saturated carbocycles. The summed E-state index contributed by atoms with van der Waals surface area (Å²) in [5.74, 6) is -0.501. The summed E-state index contributed by atoms with van der Waals surface area (Å²) in [5.41, 5.74) is 0.755. The minimum Gasteiger partial charge on any atom is -0.461 e. The number of unbranched alkanes of at least 4 members (excludes halogenated alkanes) is 3. The van der Waals surface area contributed by atoms with Crippen molar-refractivity contribution in [3.63, 3.8) is 0 Å². The molecule has 0 aliphatic heterocycles. The molecule has 0 radical (unpaired) electrons. The Hall–Kier alpha value is -1.85. The van der Waals surface area contributed by atoms with Crippen LogP contribution in [0, 0.1) is 17.0 Å². The van der Waals surface area contributed by atoms with Gasteiger partial charge in [0.1, 0.15) is 5.69 Å². The molecule has 1 rings (SSSR count). The molecule has 0 N–H and O–H groups in total. The number of ether oxygens (including phenoxy) is 1. The molecule has 1 aromatic rings. The highest BCUT2D eigenvalue weighted by molar-refractivity contribution is 5.89. The molecule has 0 unspecified atom stereocenters. The van der Waals surface area contributed by atoms with Gasteiger partial charge in [0.05, 0.1) is 17.2 Å². The normalized spacial score (nSPS) is 10.6. The number of rotatable bonds is 8. The second-order valence-corrected chi connectivity index (χ2v) is 4.69. The molecular formula is C14H22N2O4. The van der Waals surface area contributed by atoms with Gasteiger partial charge in [-0.2, -0.15) is 0 Å². The van der Waals surface area contributed by atoms with Crippen LogP contribution in [-0.2, 0) is 11.3 Å². The molecule has 0 spiro atoms. The van der Waals surface area contributed by atoms with Gasteiger partial charge in [-0.1, -0.05) is 26.2 Å². The van der Waals surface area contributed by atoms with Crippen molar-refractivity contribution in [2.45, 2.75) is 53.0 Å². The highest BCUT2D eigenvalue weighted by atomic mass is 16.6. The van der Waals surface area contributed by atoms with Gasteiger partial charge in [-0.3, -0.25) is 10.1 Å². The SMILES string of the molecule is CCCCCCn1c(C(=O)OCC)cc([N+](=O)[O-])c1C. The standard InChI is InChI=1S/C14H22N2O4/c1-4-6-7-8-9-15-11(3)12(16(18)19)10-13(15)14(17)20-5-2/h10H,4-9H2,1-3H3. The molecule has 6 heteroatoms. The van der Waals surface area contributed by atoms with Crippen molar-refractivity contribution in [1.82, 2.24) is 4.57 Å². The van der Waals surface area contributed by atoms with E-state index >= 15 is 0 Å². The molecule has 0 aliphatic rings. The molecular weight excluding hydrogens is 260 g/mol. The largest absolute Gasteiger partial charge is 0.461 e. The lowest BCUT2D eigenvalue weighted by atomic mass is 10.2. The summed E-state index contributed by atoms with van der Waals surface area (Å²) < 4.78 is 6.66. The van der Waals surface area contributed by atoms with Gasteiger partial charge in [-0.05, 0) is 20.3 Å². The average Bonchev–Trinajstić information content (AvgIpc) is 2.73. The van der Waals surface area contributed by atoms with Gasteiger partial charge in [0.15, 0.2) is 0 Å². The van der Waals surface area contributed by atoms with Gasteiger partial charge >= 0.3 is 5.97 Å². The molecule has 0 bridgehead atoms. The molecule has 1 heterocycles. The van der Waals surface area contributed by atoms with Gasteiger partial charge in [-0.25, -0.2) is 4.79 Å². The zero-order valence-corrected chi connectivity index (χ0v) is 12.3. The third-order valence-electron chi connectivity index (χ3n) is 3.26. The van der Waals surface area contributed by atoms with Gasteiger partial charge in [-0.15, -0.1) is 0 Å². The van der Waals surface area contributed by atoms with E-state index < -0.39 is 10.9 Å². The quantitative estimate of drug-likeness (QED) is 0.317. The van der Waals surface area contributed by atoms with Crippen molar-refractivity contribution in [3.05, 3.63) is 27.6 Å². The van der Waals surface area contributed by atoms with E-state index in [1.807, 2.05) is 0 Å². The first-order valence-corrected chi connectivity index (χ1v) is 7.04. The van der Waals surface area contributed by atoms with E-state index in [1.165, 1.54) is 6.07 Å². The minimum atomic E-state index is -0.501. The predicted octanol–water partition coefficient (Wildman–Crippen LogP) is 3.46. The van der Waals surface area contributed by atoms with Crippen molar-refractivity contribution >= 4 is 11.7 Å². The molecule has 0 aliphatic carbocycles. The number of carbonyl (C=O) groups is 1. The molecule has 6 nitrogen and oxygen atoms in total.